The zero-order valence-corrected chi connectivity index (χ0v) is 13.2. The number of nitrogens with zero attached hydrogens (tertiary/aromatic N) is 2. The van der Waals surface area contributed by atoms with Crippen molar-refractivity contribution in [2.24, 2.45) is 0 Å². The van der Waals surface area contributed by atoms with E-state index in [1.54, 1.807) is 36.6 Å². The molecule has 0 aliphatic carbocycles. The van der Waals surface area contributed by atoms with E-state index < -0.39 is 7.12 Å². The first-order chi connectivity index (χ1) is 10.0. The average molecular weight is 306 g/mol. The van der Waals surface area contributed by atoms with Crippen LogP contribution in [-0.4, -0.2) is 41.2 Å². The molecule has 1 aromatic heterocycles. The fourth-order valence-electron chi connectivity index (χ4n) is 2.15. The van der Waals surface area contributed by atoms with Gasteiger partial charge >= 0.3 is 7.12 Å². The molecule has 0 amide bonds. The van der Waals surface area contributed by atoms with Crippen LogP contribution in [0.3, 0.4) is 0 Å². The first-order valence-corrected chi connectivity index (χ1v) is 7.49. The Morgan fingerprint density at radius 1 is 1.33 bits per heavy atom. The lowest BCUT2D eigenvalue weighted by molar-refractivity contribution is 0.312. The summed E-state index contributed by atoms with van der Waals surface area (Å²) >= 11 is 1.64. The fourth-order valence-corrected chi connectivity index (χ4v) is 3.01. The van der Waals surface area contributed by atoms with Crippen molar-refractivity contribution < 1.29 is 14.8 Å². The Balaban J connectivity index is 2.13. The minimum absolute atomic E-state index is 0.466. The number of ether oxygens (including phenoxy) is 1. The molecule has 0 saturated carbocycles. The lowest BCUT2D eigenvalue weighted by atomic mass is 9.79. The second-order valence-corrected chi connectivity index (χ2v) is 5.92. The predicted molar refractivity (Wildman–Crippen MR) is 84.8 cm³/mol. The zero-order valence-electron chi connectivity index (χ0n) is 12.4. The summed E-state index contributed by atoms with van der Waals surface area (Å²) in [5, 5.41) is 18.6. The van der Waals surface area contributed by atoms with Crippen LogP contribution in [-0.2, 0) is 13.1 Å². The van der Waals surface area contributed by atoms with E-state index in [0.717, 1.165) is 23.6 Å². The molecule has 0 bridgehead atoms. The summed E-state index contributed by atoms with van der Waals surface area (Å²) in [6.45, 7) is 3.45. The van der Waals surface area contributed by atoms with Crippen LogP contribution in [0.2, 0.25) is 0 Å². The van der Waals surface area contributed by atoms with Gasteiger partial charge in [0.2, 0.25) is 0 Å². The number of aromatic nitrogens is 1. The summed E-state index contributed by atoms with van der Waals surface area (Å²) in [7, 11) is 2.16. The van der Waals surface area contributed by atoms with Gasteiger partial charge in [-0.15, -0.1) is 11.3 Å². The summed E-state index contributed by atoms with van der Waals surface area (Å²) < 4.78 is 5.34. The van der Waals surface area contributed by atoms with Gasteiger partial charge in [-0.05, 0) is 25.5 Å². The number of thiazole rings is 1. The third kappa shape index (κ3) is 4.04. The molecule has 0 spiro atoms. The van der Waals surface area contributed by atoms with Gasteiger partial charge in [0.05, 0.1) is 18.3 Å². The molecule has 0 unspecified atom stereocenters. The summed E-state index contributed by atoms with van der Waals surface area (Å²) in [5.41, 5.74) is 4.29. The summed E-state index contributed by atoms with van der Waals surface area (Å²) in [6.07, 6.45) is 0. The van der Waals surface area contributed by atoms with Crippen LogP contribution >= 0.6 is 11.3 Å². The second kappa shape index (κ2) is 7.04. The molecule has 2 N–H and O–H groups in total. The van der Waals surface area contributed by atoms with Crippen LogP contribution in [0.5, 0.6) is 5.75 Å². The van der Waals surface area contributed by atoms with Crippen molar-refractivity contribution in [2.75, 3.05) is 14.2 Å². The van der Waals surface area contributed by atoms with E-state index >= 15 is 0 Å². The van der Waals surface area contributed by atoms with Crippen LogP contribution in [0.15, 0.2) is 23.7 Å². The normalized spacial score (nSPS) is 11.0. The van der Waals surface area contributed by atoms with E-state index in [0.29, 0.717) is 12.0 Å². The Morgan fingerprint density at radius 2 is 2.10 bits per heavy atom. The van der Waals surface area contributed by atoms with Gasteiger partial charge in [0.15, 0.2) is 0 Å². The third-order valence-electron chi connectivity index (χ3n) is 3.30. The SMILES string of the molecule is COc1ccc(B(O)O)cc1CN(C)Cc1scnc1C. The number of aryl methyl sites for hydroxylation is 1. The molecule has 0 saturated heterocycles. The van der Waals surface area contributed by atoms with Crippen LogP contribution in [0, 0.1) is 6.92 Å². The molecule has 0 aliphatic heterocycles. The van der Waals surface area contributed by atoms with Crippen LogP contribution < -0.4 is 10.2 Å². The monoisotopic (exact) mass is 306 g/mol. The summed E-state index contributed by atoms with van der Waals surface area (Å²) in [4.78, 5) is 7.62. The Labute approximate surface area is 129 Å². The highest BCUT2D eigenvalue weighted by Gasteiger charge is 2.15. The number of methoxy groups -OCH3 is 1. The van der Waals surface area contributed by atoms with E-state index in [2.05, 4.69) is 9.88 Å². The predicted octanol–water partition coefficient (Wildman–Crippen LogP) is 0.772. The Kier molecular flexibility index (Phi) is 5.36. The van der Waals surface area contributed by atoms with Crippen molar-refractivity contribution in [1.82, 2.24) is 9.88 Å². The molecule has 0 fully saturated rings. The molecule has 0 aliphatic rings. The molecular formula is C14H19BN2O3S. The zero-order chi connectivity index (χ0) is 15.4. The lowest BCUT2D eigenvalue weighted by Gasteiger charge is -2.18. The Hall–Kier alpha value is -1.41. The molecule has 1 heterocycles. The number of benzene rings is 1. The van der Waals surface area contributed by atoms with Crippen LogP contribution in [0.25, 0.3) is 0 Å². The molecule has 7 heteroatoms. The van der Waals surface area contributed by atoms with Gasteiger partial charge in [-0.25, -0.2) is 4.98 Å². The van der Waals surface area contributed by atoms with Gasteiger partial charge < -0.3 is 14.8 Å². The minimum Gasteiger partial charge on any atom is -0.496 e. The van der Waals surface area contributed by atoms with Crippen molar-refractivity contribution >= 4 is 23.9 Å². The first-order valence-electron chi connectivity index (χ1n) is 6.61. The lowest BCUT2D eigenvalue weighted by Crippen LogP contribution is -2.30. The van der Waals surface area contributed by atoms with Crippen LogP contribution in [0.1, 0.15) is 16.1 Å². The van der Waals surface area contributed by atoms with Gasteiger partial charge in [0.25, 0.3) is 0 Å². The molecule has 5 nitrogen and oxygen atoms in total. The highest BCUT2D eigenvalue weighted by molar-refractivity contribution is 7.09. The van der Waals surface area contributed by atoms with E-state index in [1.807, 2.05) is 19.5 Å². The number of hydrogen-bond acceptors (Lipinski definition) is 6. The molecule has 112 valence electrons. The maximum atomic E-state index is 9.28. The molecule has 2 aromatic rings. The maximum absolute atomic E-state index is 9.28. The summed E-state index contributed by atoms with van der Waals surface area (Å²) in [6, 6.07) is 5.18. The van der Waals surface area contributed by atoms with Crippen molar-refractivity contribution in [2.45, 2.75) is 20.0 Å². The van der Waals surface area contributed by atoms with E-state index in [-0.39, 0.29) is 0 Å². The van der Waals surface area contributed by atoms with Crippen molar-refractivity contribution in [3.8, 4) is 5.75 Å². The van der Waals surface area contributed by atoms with Crippen molar-refractivity contribution in [3.05, 3.63) is 39.8 Å². The van der Waals surface area contributed by atoms with Crippen LogP contribution in [0.4, 0.5) is 0 Å². The molecule has 0 radical (unpaired) electrons. The van der Waals surface area contributed by atoms with E-state index in [1.165, 1.54) is 4.88 Å². The molecular weight excluding hydrogens is 287 g/mol. The third-order valence-corrected chi connectivity index (χ3v) is 4.22. The van der Waals surface area contributed by atoms with Gasteiger partial charge in [0.1, 0.15) is 5.75 Å². The highest BCUT2D eigenvalue weighted by atomic mass is 32.1. The minimum atomic E-state index is -1.47. The number of rotatable bonds is 6. The largest absolute Gasteiger partial charge is 0.496 e. The van der Waals surface area contributed by atoms with Gasteiger partial charge in [-0.3, -0.25) is 4.90 Å². The quantitative estimate of drug-likeness (QED) is 0.772. The smallest absolute Gasteiger partial charge is 0.488 e. The van der Waals surface area contributed by atoms with Gasteiger partial charge in [0, 0.05) is 23.5 Å². The Bertz CT molecular complexity index is 604. The van der Waals surface area contributed by atoms with Gasteiger partial charge in [-0.1, -0.05) is 12.1 Å². The molecule has 2 rings (SSSR count). The first kappa shape index (κ1) is 16.0. The van der Waals surface area contributed by atoms with E-state index in [9.17, 15) is 10.0 Å². The van der Waals surface area contributed by atoms with Crippen molar-refractivity contribution in [1.29, 1.82) is 0 Å². The standard InChI is InChI=1S/C14H19BN2O3S/c1-10-14(21-9-16-10)8-17(2)7-11-6-12(15(18)19)4-5-13(11)20-3/h4-6,9,18-19H,7-8H2,1-3H3. The summed E-state index contributed by atoms with van der Waals surface area (Å²) in [5.74, 6) is 0.743. The topological polar surface area (TPSA) is 65.8 Å². The maximum Gasteiger partial charge on any atom is 0.488 e. The van der Waals surface area contributed by atoms with Gasteiger partial charge in [-0.2, -0.15) is 0 Å². The fraction of sp³-hybridized carbons (Fsp3) is 0.357. The molecule has 0 atom stereocenters. The molecule has 1 aromatic carbocycles. The second-order valence-electron chi connectivity index (χ2n) is 4.98. The molecule has 21 heavy (non-hydrogen) atoms. The number of hydrogen-bond donors (Lipinski definition) is 2. The Morgan fingerprint density at radius 3 is 2.67 bits per heavy atom. The van der Waals surface area contributed by atoms with E-state index in [4.69, 9.17) is 4.74 Å². The highest BCUT2D eigenvalue weighted by Crippen LogP contribution is 2.20. The van der Waals surface area contributed by atoms with Crippen molar-refractivity contribution in [3.63, 3.8) is 0 Å². The average Bonchev–Trinajstić information content (AvgIpc) is 2.84.